The van der Waals surface area contributed by atoms with Crippen molar-refractivity contribution in [1.82, 2.24) is 10.3 Å². The van der Waals surface area contributed by atoms with Gasteiger partial charge in [0.25, 0.3) is 5.91 Å². The summed E-state index contributed by atoms with van der Waals surface area (Å²) in [6.45, 7) is 1.91. The molecule has 2 aromatic heterocycles. The lowest BCUT2D eigenvalue weighted by Crippen LogP contribution is -2.29. The summed E-state index contributed by atoms with van der Waals surface area (Å²) in [5.74, 6) is -1.13. The first-order chi connectivity index (χ1) is 10.0. The van der Waals surface area contributed by atoms with E-state index in [0.717, 1.165) is 29.8 Å². The maximum atomic E-state index is 12.2. The Morgan fingerprint density at radius 1 is 1.52 bits per heavy atom. The van der Waals surface area contributed by atoms with Crippen LogP contribution in [0.1, 0.15) is 50.5 Å². The van der Waals surface area contributed by atoms with Crippen LogP contribution < -0.4 is 5.32 Å². The van der Waals surface area contributed by atoms with E-state index in [2.05, 4.69) is 10.3 Å². The molecule has 0 bridgehead atoms. The Balaban J connectivity index is 1.76. The molecular weight excluding hydrogens is 292 g/mol. The standard InChI is InChI=1S/C14H14N2O4S/c1-7-6-21-13(15-7)11(8-2-3-8)16-12(17)10-4-9(5-20-10)14(18)19/h4-6,8,11H,2-3H2,1H3,(H,16,17)(H,18,19). The number of furan rings is 1. The van der Waals surface area contributed by atoms with Crippen LogP contribution in [0.15, 0.2) is 22.1 Å². The van der Waals surface area contributed by atoms with Crippen LogP contribution in [0.4, 0.5) is 0 Å². The van der Waals surface area contributed by atoms with Crippen molar-refractivity contribution < 1.29 is 19.1 Å². The summed E-state index contributed by atoms with van der Waals surface area (Å²) in [5, 5.41) is 14.6. The van der Waals surface area contributed by atoms with Gasteiger partial charge in [0, 0.05) is 17.1 Å². The number of carboxylic acids is 1. The lowest BCUT2D eigenvalue weighted by atomic mass is 10.2. The maximum absolute atomic E-state index is 12.2. The third-order valence-electron chi connectivity index (χ3n) is 3.35. The number of carbonyl (C=O) groups is 2. The lowest BCUT2D eigenvalue weighted by Gasteiger charge is -2.14. The van der Waals surface area contributed by atoms with E-state index in [1.165, 1.54) is 17.4 Å². The Labute approximate surface area is 124 Å². The van der Waals surface area contributed by atoms with Crippen molar-refractivity contribution in [2.24, 2.45) is 5.92 Å². The number of nitrogens with one attached hydrogen (secondary N) is 1. The van der Waals surface area contributed by atoms with Crippen molar-refractivity contribution in [3.63, 3.8) is 0 Å². The number of nitrogens with zero attached hydrogens (tertiary/aromatic N) is 1. The Kier molecular flexibility index (Phi) is 3.50. The fraction of sp³-hybridized carbons (Fsp3) is 0.357. The summed E-state index contributed by atoms with van der Waals surface area (Å²) in [5.41, 5.74) is 0.897. The van der Waals surface area contributed by atoms with E-state index >= 15 is 0 Å². The highest BCUT2D eigenvalue weighted by molar-refractivity contribution is 7.09. The van der Waals surface area contributed by atoms with Crippen LogP contribution in [0.25, 0.3) is 0 Å². The van der Waals surface area contributed by atoms with Gasteiger partial charge in [-0.1, -0.05) is 0 Å². The lowest BCUT2D eigenvalue weighted by molar-refractivity contribution is 0.0695. The number of thiazole rings is 1. The Hall–Kier alpha value is -2.15. The SMILES string of the molecule is Cc1csc(C(NC(=O)c2cc(C(=O)O)co2)C2CC2)n1. The van der Waals surface area contributed by atoms with Gasteiger partial charge in [0.2, 0.25) is 0 Å². The second-order valence-corrected chi connectivity index (χ2v) is 6.01. The van der Waals surface area contributed by atoms with E-state index in [1.807, 2.05) is 12.3 Å². The number of aryl methyl sites for hydroxylation is 1. The molecule has 1 fully saturated rings. The van der Waals surface area contributed by atoms with Gasteiger partial charge in [-0.3, -0.25) is 4.79 Å². The zero-order chi connectivity index (χ0) is 15.0. The van der Waals surface area contributed by atoms with Crippen molar-refractivity contribution in [3.8, 4) is 0 Å². The summed E-state index contributed by atoms with van der Waals surface area (Å²) >= 11 is 1.52. The summed E-state index contributed by atoms with van der Waals surface area (Å²) < 4.78 is 5.02. The van der Waals surface area contributed by atoms with E-state index in [4.69, 9.17) is 9.52 Å². The molecule has 1 aliphatic carbocycles. The molecule has 7 heteroatoms. The number of carbonyl (C=O) groups excluding carboxylic acids is 1. The number of carboxylic acid groups (broad SMARTS) is 1. The van der Waals surface area contributed by atoms with Crippen molar-refractivity contribution in [2.75, 3.05) is 0 Å². The third kappa shape index (κ3) is 2.97. The summed E-state index contributed by atoms with van der Waals surface area (Å²) in [4.78, 5) is 27.4. The molecular formula is C14H14N2O4S. The van der Waals surface area contributed by atoms with Gasteiger partial charge in [0.1, 0.15) is 11.3 Å². The van der Waals surface area contributed by atoms with E-state index in [1.54, 1.807) is 0 Å². The van der Waals surface area contributed by atoms with Crippen molar-refractivity contribution in [2.45, 2.75) is 25.8 Å². The Morgan fingerprint density at radius 3 is 2.81 bits per heavy atom. The fourth-order valence-electron chi connectivity index (χ4n) is 2.11. The highest BCUT2D eigenvalue weighted by Crippen LogP contribution is 2.42. The quantitative estimate of drug-likeness (QED) is 0.886. The maximum Gasteiger partial charge on any atom is 0.338 e. The molecule has 2 heterocycles. The van der Waals surface area contributed by atoms with Crippen LogP contribution in [0.5, 0.6) is 0 Å². The molecule has 0 aliphatic heterocycles. The number of hydrogen-bond acceptors (Lipinski definition) is 5. The monoisotopic (exact) mass is 306 g/mol. The highest BCUT2D eigenvalue weighted by atomic mass is 32.1. The molecule has 0 radical (unpaired) electrons. The number of amides is 1. The predicted molar refractivity (Wildman–Crippen MR) is 75.4 cm³/mol. The van der Waals surface area contributed by atoms with E-state index in [-0.39, 0.29) is 17.4 Å². The van der Waals surface area contributed by atoms with Gasteiger partial charge in [-0.2, -0.15) is 0 Å². The molecule has 1 saturated carbocycles. The van der Waals surface area contributed by atoms with E-state index in [0.29, 0.717) is 5.92 Å². The first-order valence-electron chi connectivity index (χ1n) is 6.59. The minimum atomic E-state index is -1.12. The van der Waals surface area contributed by atoms with Gasteiger partial charge in [0.05, 0.1) is 11.6 Å². The minimum Gasteiger partial charge on any atom is -0.478 e. The molecule has 110 valence electrons. The number of aromatic carboxylic acids is 1. The molecule has 1 amide bonds. The first-order valence-corrected chi connectivity index (χ1v) is 7.47. The second-order valence-electron chi connectivity index (χ2n) is 5.12. The molecule has 0 saturated heterocycles. The van der Waals surface area contributed by atoms with Gasteiger partial charge >= 0.3 is 5.97 Å². The third-order valence-corrected chi connectivity index (χ3v) is 4.40. The zero-order valence-corrected chi connectivity index (χ0v) is 12.1. The topological polar surface area (TPSA) is 92.4 Å². The van der Waals surface area contributed by atoms with Crippen molar-refractivity contribution in [3.05, 3.63) is 39.7 Å². The van der Waals surface area contributed by atoms with Crippen LogP contribution >= 0.6 is 11.3 Å². The molecule has 3 rings (SSSR count). The smallest absolute Gasteiger partial charge is 0.338 e. The van der Waals surface area contributed by atoms with E-state index < -0.39 is 11.9 Å². The van der Waals surface area contributed by atoms with E-state index in [9.17, 15) is 9.59 Å². The molecule has 1 unspecified atom stereocenters. The normalized spacial score (nSPS) is 15.7. The largest absolute Gasteiger partial charge is 0.478 e. The van der Waals surface area contributed by atoms with Crippen LogP contribution in [0.3, 0.4) is 0 Å². The van der Waals surface area contributed by atoms with Gasteiger partial charge < -0.3 is 14.8 Å². The molecule has 0 spiro atoms. The van der Waals surface area contributed by atoms with Gasteiger partial charge in [-0.05, 0) is 25.7 Å². The van der Waals surface area contributed by atoms with Gasteiger partial charge in [-0.25, -0.2) is 9.78 Å². The number of aromatic nitrogens is 1. The van der Waals surface area contributed by atoms with Gasteiger partial charge in [0.15, 0.2) is 5.76 Å². The average molecular weight is 306 g/mol. The number of rotatable bonds is 5. The average Bonchev–Trinajstić information content (AvgIpc) is 2.98. The summed E-state index contributed by atoms with van der Waals surface area (Å²) in [6.07, 6.45) is 3.18. The minimum absolute atomic E-state index is 0.00586. The van der Waals surface area contributed by atoms with Gasteiger partial charge in [-0.15, -0.1) is 11.3 Å². The molecule has 2 aromatic rings. The molecule has 21 heavy (non-hydrogen) atoms. The second kappa shape index (κ2) is 5.33. The summed E-state index contributed by atoms with van der Waals surface area (Å²) in [6, 6.07) is 1.10. The van der Waals surface area contributed by atoms with Crippen LogP contribution in [-0.2, 0) is 0 Å². The predicted octanol–water partition coefficient (Wildman–Crippen LogP) is 2.62. The van der Waals surface area contributed by atoms with Crippen LogP contribution in [-0.4, -0.2) is 22.0 Å². The molecule has 1 aliphatic rings. The number of hydrogen-bond donors (Lipinski definition) is 2. The molecule has 1 atom stereocenters. The Morgan fingerprint density at radius 2 is 2.29 bits per heavy atom. The van der Waals surface area contributed by atoms with Crippen LogP contribution in [0.2, 0.25) is 0 Å². The fourth-order valence-corrected chi connectivity index (χ4v) is 3.04. The summed E-state index contributed by atoms with van der Waals surface area (Å²) in [7, 11) is 0. The first kappa shape index (κ1) is 13.8. The van der Waals surface area contributed by atoms with Crippen molar-refractivity contribution >= 4 is 23.2 Å². The van der Waals surface area contributed by atoms with Crippen molar-refractivity contribution in [1.29, 1.82) is 0 Å². The van der Waals surface area contributed by atoms with Crippen LogP contribution in [0, 0.1) is 12.8 Å². The zero-order valence-electron chi connectivity index (χ0n) is 11.3. The Bertz CT molecular complexity index is 687. The molecule has 2 N–H and O–H groups in total. The highest BCUT2D eigenvalue weighted by Gasteiger charge is 2.35. The molecule has 6 nitrogen and oxygen atoms in total. The molecule has 0 aromatic carbocycles.